The summed E-state index contributed by atoms with van der Waals surface area (Å²) in [6.45, 7) is 0.522. The van der Waals surface area contributed by atoms with Crippen LogP contribution >= 0.6 is 0 Å². The van der Waals surface area contributed by atoms with Crippen molar-refractivity contribution < 1.29 is 19.4 Å². The minimum absolute atomic E-state index is 0.0670. The average molecular weight is 370 g/mol. The third-order valence-corrected chi connectivity index (χ3v) is 4.10. The van der Waals surface area contributed by atoms with E-state index in [1.54, 1.807) is 29.2 Å². The summed E-state index contributed by atoms with van der Waals surface area (Å²) in [7, 11) is 0. The van der Waals surface area contributed by atoms with E-state index in [0.717, 1.165) is 18.2 Å². The van der Waals surface area contributed by atoms with Crippen molar-refractivity contribution in [1.82, 2.24) is 0 Å². The van der Waals surface area contributed by atoms with Crippen LogP contribution in [0.2, 0.25) is 0 Å². The number of rotatable bonds is 5. The van der Waals surface area contributed by atoms with Gasteiger partial charge < -0.3 is 10.2 Å². The highest BCUT2D eigenvalue weighted by atomic mass is 16.6. The molecule has 138 valence electrons. The second kappa shape index (κ2) is 7.20. The molecule has 0 unspecified atom stereocenters. The van der Waals surface area contributed by atoms with E-state index in [0.29, 0.717) is 30.8 Å². The van der Waals surface area contributed by atoms with Crippen molar-refractivity contribution in [2.45, 2.75) is 12.8 Å². The number of hydrogen-bond donors (Lipinski definition) is 1. The lowest BCUT2D eigenvalue weighted by molar-refractivity contribution is -0.394. The van der Waals surface area contributed by atoms with E-state index in [1.165, 1.54) is 0 Å². The molecule has 0 aromatic heterocycles. The smallest absolute Gasteiger partial charge is 0.277 e. The molecule has 3 rings (SSSR count). The van der Waals surface area contributed by atoms with Crippen LogP contribution in [0.3, 0.4) is 0 Å². The lowest BCUT2D eigenvalue weighted by Gasteiger charge is -2.20. The molecule has 10 heteroatoms. The standard InChI is InChI=1S/C17H14N4O6/c22-16-6-3-7-19(16)15-5-2-1-4-14(15)18-17(23)11-8-12(20(24)25)10-13(9-11)21(26)27/h1-2,4-5,8-10H,3,6-7H2,(H,18,23). The van der Waals surface area contributed by atoms with Crippen LogP contribution < -0.4 is 10.2 Å². The minimum atomic E-state index is -0.805. The number of anilines is 2. The van der Waals surface area contributed by atoms with Gasteiger partial charge in [-0.15, -0.1) is 0 Å². The van der Waals surface area contributed by atoms with Crippen LogP contribution in [0.4, 0.5) is 22.7 Å². The Bertz CT molecular complexity index is 926. The Labute approximate surface area is 152 Å². The summed E-state index contributed by atoms with van der Waals surface area (Å²) in [5, 5.41) is 24.5. The SMILES string of the molecule is O=C(Nc1ccccc1N1CCCC1=O)c1cc([N+](=O)[O-])cc([N+](=O)[O-])c1. The zero-order valence-electron chi connectivity index (χ0n) is 14.0. The largest absolute Gasteiger partial charge is 0.320 e. The zero-order valence-corrected chi connectivity index (χ0v) is 14.0. The molecule has 0 saturated carbocycles. The van der Waals surface area contributed by atoms with Crippen molar-refractivity contribution in [2.24, 2.45) is 0 Å². The molecule has 1 heterocycles. The van der Waals surface area contributed by atoms with Gasteiger partial charge in [0.15, 0.2) is 0 Å². The molecule has 0 atom stereocenters. The summed E-state index contributed by atoms with van der Waals surface area (Å²) < 4.78 is 0. The summed E-state index contributed by atoms with van der Waals surface area (Å²) in [4.78, 5) is 46.4. The first-order valence-corrected chi connectivity index (χ1v) is 8.01. The van der Waals surface area contributed by atoms with Crippen molar-refractivity contribution in [3.63, 3.8) is 0 Å². The van der Waals surface area contributed by atoms with Crippen LogP contribution in [-0.4, -0.2) is 28.2 Å². The van der Waals surface area contributed by atoms with Crippen molar-refractivity contribution >= 4 is 34.6 Å². The number of carbonyl (C=O) groups excluding carboxylic acids is 2. The van der Waals surface area contributed by atoms with E-state index in [1.807, 2.05) is 0 Å². The lowest BCUT2D eigenvalue weighted by Crippen LogP contribution is -2.25. The van der Waals surface area contributed by atoms with E-state index in [2.05, 4.69) is 5.32 Å². The number of benzene rings is 2. The molecular weight excluding hydrogens is 356 g/mol. The van der Waals surface area contributed by atoms with Gasteiger partial charge in [0.1, 0.15) is 0 Å². The molecule has 2 aromatic carbocycles. The van der Waals surface area contributed by atoms with Gasteiger partial charge in [0.25, 0.3) is 17.3 Å². The van der Waals surface area contributed by atoms with E-state index < -0.39 is 27.1 Å². The Kier molecular flexibility index (Phi) is 4.79. The molecule has 27 heavy (non-hydrogen) atoms. The van der Waals surface area contributed by atoms with Crippen molar-refractivity contribution in [3.8, 4) is 0 Å². The van der Waals surface area contributed by atoms with Crippen LogP contribution in [0.1, 0.15) is 23.2 Å². The van der Waals surface area contributed by atoms with Gasteiger partial charge in [-0.2, -0.15) is 0 Å². The molecule has 10 nitrogen and oxygen atoms in total. The molecule has 2 aromatic rings. The van der Waals surface area contributed by atoms with Gasteiger partial charge in [0, 0.05) is 25.1 Å². The number of amides is 2. The summed E-state index contributed by atoms with van der Waals surface area (Å²) >= 11 is 0. The quantitative estimate of drug-likeness (QED) is 0.635. The Balaban J connectivity index is 1.94. The van der Waals surface area contributed by atoms with Crippen molar-refractivity contribution in [1.29, 1.82) is 0 Å². The normalized spacial score (nSPS) is 13.5. The van der Waals surface area contributed by atoms with Gasteiger partial charge in [-0.25, -0.2) is 0 Å². The molecule has 0 spiro atoms. The summed E-state index contributed by atoms with van der Waals surface area (Å²) in [5.74, 6) is -0.816. The van der Waals surface area contributed by atoms with Gasteiger partial charge in [0.2, 0.25) is 5.91 Å². The first kappa shape index (κ1) is 18.0. The van der Waals surface area contributed by atoms with Crippen molar-refractivity contribution in [3.05, 3.63) is 68.3 Å². The molecule has 1 fully saturated rings. The van der Waals surface area contributed by atoms with Crippen LogP contribution in [0.15, 0.2) is 42.5 Å². The maximum atomic E-state index is 12.6. The first-order chi connectivity index (χ1) is 12.9. The lowest BCUT2D eigenvalue weighted by atomic mass is 10.1. The van der Waals surface area contributed by atoms with Gasteiger partial charge in [0.05, 0.1) is 32.9 Å². The molecule has 2 amide bonds. The number of non-ortho nitro benzene ring substituents is 2. The highest BCUT2D eigenvalue weighted by molar-refractivity contribution is 6.08. The monoisotopic (exact) mass is 370 g/mol. The van der Waals surface area contributed by atoms with Gasteiger partial charge in [-0.05, 0) is 18.6 Å². The fourth-order valence-corrected chi connectivity index (χ4v) is 2.85. The second-order valence-corrected chi connectivity index (χ2v) is 5.87. The van der Waals surface area contributed by atoms with E-state index >= 15 is 0 Å². The number of nitro groups is 2. The summed E-state index contributed by atoms with van der Waals surface area (Å²) in [6, 6.07) is 9.36. The summed E-state index contributed by atoms with van der Waals surface area (Å²) in [5.41, 5.74) is -0.492. The molecule has 1 N–H and O–H groups in total. The number of hydrogen-bond acceptors (Lipinski definition) is 6. The molecule has 0 radical (unpaired) electrons. The Morgan fingerprint density at radius 3 is 2.22 bits per heavy atom. The fraction of sp³-hybridized carbons (Fsp3) is 0.176. The van der Waals surface area contributed by atoms with Crippen molar-refractivity contribution in [2.75, 3.05) is 16.8 Å². The minimum Gasteiger partial charge on any atom is -0.320 e. The Morgan fingerprint density at radius 1 is 1.04 bits per heavy atom. The van der Waals surface area contributed by atoms with Crippen LogP contribution in [-0.2, 0) is 4.79 Å². The van der Waals surface area contributed by atoms with Crippen LogP contribution in [0.5, 0.6) is 0 Å². The number of para-hydroxylation sites is 2. The molecule has 0 aliphatic carbocycles. The number of carbonyl (C=O) groups is 2. The fourth-order valence-electron chi connectivity index (χ4n) is 2.85. The highest BCUT2D eigenvalue weighted by Gasteiger charge is 2.25. The zero-order chi connectivity index (χ0) is 19.6. The first-order valence-electron chi connectivity index (χ1n) is 8.01. The second-order valence-electron chi connectivity index (χ2n) is 5.87. The summed E-state index contributed by atoms with van der Waals surface area (Å²) in [6.07, 6.45) is 1.12. The van der Waals surface area contributed by atoms with Gasteiger partial charge in [-0.1, -0.05) is 12.1 Å². The highest BCUT2D eigenvalue weighted by Crippen LogP contribution is 2.30. The maximum absolute atomic E-state index is 12.6. The molecule has 1 aliphatic heterocycles. The molecular formula is C17H14N4O6. The number of nitro benzene ring substituents is 2. The maximum Gasteiger partial charge on any atom is 0.277 e. The molecule has 1 saturated heterocycles. The predicted octanol–water partition coefficient (Wildman–Crippen LogP) is 2.88. The average Bonchev–Trinajstić information content (AvgIpc) is 3.07. The Morgan fingerprint density at radius 2 is 1.67 bits per heavy atom. The predicted molar refractivity (Wildman–Crippen MR) is 95.7 cm³/mol. The third-order valence-electron chi connectivity index (χ3n) is 4.10. The molecule has 0 bridgehead atoms. The van der Waals surface area contributed by atoms with E-state index in [4.69, 9.17) is 0 Å². The van der Waals surface area contributed by atoms with Gasteiger partial charge in [-0.3, -0.25) is 29.8 Å². The van der Waals surface area contributed by atoms with E-state index in [9.17, 15) is 29.8 Å². The Hall–Kier alpha value is -3.82. The van der Waals surface area contributed by atoms with Crippen LogP contribution in [0.25, 0.3) is 0 Å². The third kappa shape index (κ3) is 3.73. The van der Waals surface area contributed by atoms with E-state index in [-0.39, 0.29) is 11.5 Å². The topological polar surface area (TPSA) is 136 Å². The number of nitrogens with one attached hydrogen (secondary N) is 1. The molecule has 1 aliphatic rings. The number of nitrogens with zero attached hydrogens (tertiary/aromatic N) is 3. The van der Waals surface area contributed by atoms with Crippen LogP contribution in [0, 0.1) is 20.2 Å². The van der Waals surface area contributed by atoms with Gasteiger partial charge >= 0.3 is 0 Å².